The Morgan fingerprint density at radius 1 is 1.03 bits per heavy atom. The van der Waals surface area contributed by atoms with Gasteiger partial charge in [0.15, 0.2) is 5.76 Å². The van der Waals surface area contributed by atoms with E-state index >= 15 is 0 Å². The van der Waals surface area contributed by atoms with Gasteiger partial charge < -0.3 is 14.8 Å². The molecule has 3 aromatic rings. The maximum absolute atomic E-state index is 12.9. The largest absolute Gasteiger partial charge is 0.507 e. The molecule has 0 radical (unpaired) electrons. The van der Waals surface area contributed by atoms with Gasteiger partial charge in [0.2, 0.25) is 0 Å². The molecule has 0 unspecified atom stereocenters. The first kappa shape index (κ1) is 22.3. The second-order valence-electron chi connectivity index (χ2n) is 8.46. The van der Waals surface area contributed by atoms with Gasteiger partial charge in [0.25, 0.3) is 11.8 Å². The number of hydrazone groups is 1. The lowest BCUT2D eigenvalue weighted by Gasteiger charge is -2.13. The van der Waals surface area contributed by atoms with E-state index in [4.69, 9.17) is 4.42 Å². The summed E-state index contributed by atoms with van der Waals surface area (Å²) in [6, 6.07) is 14.0. The average Bonchev–Trinajstić information content (AvgIpc) is 3.15. The third kappa shape index (κ3) is 4.67. The summed E-state index contributed by atoms with van der Waals surface area (Å²) in [5, 5.41) is 17.1. The van der Waals surface area contributed by atoms with Crippen molar-refractivity contribution in [2.45, 2.75) is 46.0 Å². The summed E-state index contributed by atoms with van der Waals surface area (Å²) in [6.45, 7) is 6.06. The summed E-state index contributed by atoms with van der Waals surface area (Å²) >= 11 is 0. The normalized spacial score (nSPS) is 14.2. The molecule has 0 aliphatic heterocycles. The number of carbonyl (C=O) groups excluding carboxylic acids is 2. The highest BCUT2D eigenvalue weighted by atomic mass is 16.4. The van der Waals surface area contributed by atoms with Crippen LogP contribution >= 0.6 is 0 Å². The Hall–Kier alpha value is -3.87. The minimum absolute atomic E-state index is 0.112. The van der Waals surface area contributed by atoms with E-state index < -0.39 is 5.91 Å². The first-order valence-electron chi connectivity index (χ1n) is 11.0. The zero-order chi connectivity index (χ0) is 23.5. The maximum Gasteiger partial charge on any atom is 0.291 e. The summed E-state index contributed by atoms with van der Waals surface area (Å²) < 4.78 is 5.93. The molecule has 3 N–H and O–H groups in total. The quantitative estimate of drug-likeness (QED) is 0.473. The Kier molecular flexibility index (Phi) is 6.31. The number of hydrogen-bond acceptors (Lipinski definition) is 5. The highest BCUT2D eigenvalue weighted by molar-refractivity contribution is 6.09. The fraction of sp³-hybridized carbons (Fsp3) is 0.269. The molecular formula is C26H27N3O4. The zero-order valence-electron chi connectivity index (χ0n) is 18.9. The minimum Gasteiger partial charge on any atom is -0.507 e. The lowest BCUT2D eigenvalue weighted by molar-refractivity contribution is 0.0950. The molecule has 1 heterocycles. The van der Waals surface area contributed by atoms with Crippen LogP contribution in [0.3, 0.4) is 0 Å². The molecule has 0 saturated carbocycles. The van der Waals surface area contributed by atoms with Crippen LogP contribution in [-0.4, -0.2) is 22.6 Å². The molecule has 4 rings (SSSR count). The van der Waals surface area contributed by atoms with Gasteiger partial charge in [-0.2, -0.15) is 5.10 Å². The number of benzene rings is 2. The number of phenols is 1. The molecule has 0 fully saturated rings. The van der Waals surface area contributed by atoms with Gasteiger partial charge in [0, 0.05) is 23.2 Å². The molecule has 7 nitrogen and oxygen atoms in total. The number of carbonyl (C=O) groups is 2. The van der Waals surface area contributed by atoms with Crippen molar-refractivity contribution in [2.75, 3.05) is 5.32 Å². The standard InChI is InChI=1S/C26H27N3O4/c1-15(2)17-11-13-18(14-12-17)27-26(32)24-16(3)23-20(8-6-10-22(23)33-24)28-29-25(31)19-7-4-5-9-21(19)30/h4-5,7,9,11-15,30H,6,8,10H2,1-3H3,(H,27,32)(H,29,31)/b28-20+. The molecule has 0 atom stereocenters. The van der Waals surface area contributed by atoms with Crippen molar-refractivity contribution in [1.29, 1.82) is 0 Å². The van der Waals surface area contributed by atoms with E-state index in [0.29, 0.717) is 41.5 Å². The number of amides is 2. The Balaban J connectivity index is 1.54. The zero-order valence-corrected chi connectivity index (χ0v) is 18.9. The van der Waals surface area contributed by atoms with E-state index in [-0.39, 0.29) is 23.0 Å². The Morgan fingerprint density at radius 2 is 1.76 bits per heavy atom. The second kappa shape index (κ2) is 9.32. The smallest absolute Gasteiger partial charge is 0.291 e. The number of rotatable bonds is 5. The van der Waals surface area contributed by atoms with E-state index in [1.54, 1.807) is 12.1 Å². The molecular weight excluding hydrogens is 418 g/mol. The van der Waals surface area contributed by atoms with Crippen LogP contribution in [0.15, 0.2) is 58.0 Å². The van der Waals surface area contributed by atoms with Crippen molar-refractivity contribution < 1.29 is 19.1 Å². The number of furan rings is 1. The molecule has 33 heavy (non-hydrogen) atoms. The van der Waals surface area contributed by atoms with Gasteiger partial charge in [-0.05, 0) is 55.5 Å². The van der Waals surface area contributed by atoms with Gasteiger partial charge in [-0.15, -0.1) is 0 Å². The lowest BCUT2D eigenvalue weighted by atomic mass is 9.93. The van der Waals surface area contributed by atoms with Crippen LogP contribution in [0.2, 0.25) is 0 Å². The topological polar surface area (TPSA) is 104 Å². The Bertz CT molecular complexity index is 1220. The molecule has 2 amide bonds. The first-order chi connectivity index (χ1) is 15.8. The molecule has 7 heteroatoms. The van der Waals surface area contributed by atoms with Crippen molar-refractivity contribution >= 4 is 23.2 Å². The number of hydrogen-bond donors (Lipinski definition) is 3. The number of para-hydroxylation sites is 1. The van der Waals surface area contributed by atoms with E-state index in [1.165, 1.54) is 17.7 Å². The van der Waals surface area contributed by atoms with E-state index in [9.17, 15) is 14.7 Å². The van der Waals surface area contributed by atoms with Crippen molar-refractivity contribution in [2.24, 2.45) is 5.10 Å². The van der Waals surface area contributed by atoms with E-state index in [2.05, 4.69) is 29.7 Å². The van der Waals surface area contributed by atoms with Crippen molar-refractivity contribution in [3.63, 3.8) is 0 Å². The van der Waals surface area contributed by atoms with Gasteiger partial charge >= 0.3 is 0 Å². The molecule has 0 bridgehead atoms. The number of nitrogens with one attached hydrogen (secondary N) is 2. The summed E-state index contributed by atoms with van der Waals surface area (Å²) in [5.74, 6) is 0.412. The van der Waals surface area contributed by atoms with Crippen LogP contribution in [0.25, 0.3) is 0 Å². The minimum atomic E-state index is -0.503. The molecule has 1 aromatic heterocycles. The average molecular weight is 446 g/mol. The molecule has 2 aromatic carbocycles. The van der Waals surface area contributed by atoms with E-state index in [1.807, 2.05) is 31.2 Å². The van der Waals surface area contributed by atoms with Gasteiger partial charge in [0.1, 0.15) is 11.5 Å². The summed E-state index contributed by atoms with van der Waals surface area (Å²) in [7, 11) is 0. The number of anilines is 1. The third-order valence-corrected chi connectivity index (χ3v) is 5.81. The molecule has 0 saturated heterocycles. The maximum atomic E-state index is 12.9. The van der Waals surface area contributed by atoms with Crippen LogP contribution in [0.4, 0.5) is 5.69 Å². The highest BCUT2D eigenvalue weighted by Crippen LogP contribution is 2.30. The van der Waals surface area contributed by atoms with Crippen LogP contribution in [0.5, 0.6) is 5.75 Å². The van der Waals surface area contributed by atoms with E-state index in [0.717, 1.165) is 12.0 Å². The van der Waals surface area contributed by atoms with Crippen LogP contribution in [0, 0.1) is 6.92 Å². The molecule has 0 spiro atoms. The Labute approximate surface area is 192 Å². The predicted octanol–water partition coefficient (Wildman–Crippen LogP) is 5.14. The van der Waals surface area contributed by atoms with Gasteiger partial charge in [0.05, 0.1) is 11.3 Å². The van der Waals surface area contributed by atoms with Gasteiger partial charge in [-0.3, -0.25) is 9.59 Å². The van der Waals surface area contributed by atoms with Crippen LogP contribution < -0.4 is 10.7 Å². The number of aromatic hydroxyl groups is 1. The number of fused-ring (bicyclic) bond motifs is 1. The summed E-state index contributed by atoms with van der Waals surface area (Å²) in [4.78, 5) is 25.3. The number of aryl methyl sites for hydroxylation is 1. The van der Waals surface area contributed by atoms with Crippen molar-refractivity contribution in [1.82, 2.24) is 5.43 Å². The van der Waals surface area contributed by atoms with Crippen molar-refractivity contribution in [3.05, 3.63) is 82.3 Å². The first-order valence-corrected chi connectivity index (χ1v) is 11.0. The number of phenolic OH excluding ortho intramolecular Hbond substituents is 1. The fourth-order valence-electron chi connectivity index (χ4n) is 3.98. The fourth-order valence-corrected chi connectivity index (χ4v) is 3.98. The SMILES string of the molecule is Cc1c(C(=O)Nc2ccc(C(C)C)cc2)oc2c1/C(=N/NC(=O)c1ccccc1O)CCC2. The van der Waals surface area contributed by atoms with Gasteiger partial charge in [-0.1, -0.05) is 38.1 Å². The monoisotopic (exact) mass is 445 g/mol. The second-order valence-corrected chi connectivity index (χ2v) is 8.46. The predicted molar refractivity (Wildman–Crippen MR) is 127 cm³/mol. The third-order valence-electron chi connectivity index (χ3n) is 5.81. The molecule has 1 aliphatic rings. The summed E-state index contributed by atoms with van der Waals surface area (Å²) in [5.41, 5.74) is 6.66. The van der Waals surface area contributed by atoms with Gasteiger partial charge in [-0.25, -0.2) is 5.43 Å². The van der Waals surface area contributed by atoms with Crippen LogP contribution in [-0.2, 0) is 6.42 Å². The number of nitrogens with zero attached hydrogens (tertiary/aromatic N) is 1. The van der Waals surface area contributed by atoms with Crippen LogP contribution in [0.1, 0.15) is 76.0 Å². The molecule has 1 aliphatic carbocycles. The Morgan fingerprint density at radius 3 is 2.45 bits per heavy atom. The summed E-state index contributed by atoms with van der Waals surface area (Å²) in [6.07, 6.45) is 2.13. The lowest BCUT2D eigenvalue weighted by Crippen LogP contribution is -2.22. The van der Waals surface area contributed by atoms with Crippen molar-refractivity contribution in [3.8, 4) is 5.75 Å². The highest BCUT2D eigenvalue weighted by Gasteiger charge is 2.28. The molecule has 170 valence electrons.